The predicted molar refractivity (Wildman–Crippen MR) is 115 cm³/mol. The van der Waals surface area contributed by atoms with Crippen LogP contribution in [-0.4, -0.2) is 33.0 Å². The zero-order valence-electron chi connectivity index (χ0n) is 15.1. The molecular formula is C21H14Cl2N4O2. The molecule has 0 spiro atoms. The molecule has 144 valence electrons. The number of carbonyl (C=O) groups is 1. The second kappa shape index (κ2) is 6.69. The Morgan fingerprint density at radius 3 is 2.55 bits per heavy atom. The van der Waals surface area contributed by atoms with Crippen molar-refractivity contribution in [3.63, 3.8) is 0 Å². The first kappa shape index (κ1) is 17.8. The number of nitrogens with one attached hydrogen (secondary N) is 3. The van der Waals surface area contributed by atoms with Gasteiger partial charge in [-0.25, -0.2) is 9.78 Å². The van der Waals surface area contributed by atoms with Crippen molar-refractivity contribution in [1.82, 2.24) is 19.9 Å². The van der Waals surface area contributed by atoms with Crippen LogP contribution in [0, 0.1) is 0 Å². The Kier molecular flexibility index (Phi) is 4.12. The molecule has 0 radical (unpaired) electrons. The smallest absolute Gasteiger partial charge is 0.355 e. The lowest BCUT2D eigenvalue weighted by atomic mass is 9.96. The van der Waals surface area contributed by atoms with Gasteiger partial charge >= 0.3 is 5.97 Å². The number of fused-ring (bicyclic) bond motifs is 2. The molecule has 0 saturated carbocycles. The van der Waals surface area contributed by atoms with Crippen LogP contribution in [0.1, 0.15) is 10.5 Å². The SMILES string of the molecule is COC(=O)c1[nH]cc(-c2c[nH]c3cc(Cl)c(Cl)cc23)c1-c1c[nH]c2ncccc12. The fraction of sp³-hybridized carbons (Fsp3) is 0.0476. The molecule has 0 atom stereocenters. The standard InChI is InChI=1S/C21H14Cl2N4O2/c1-29-21(28)19-18(13-9-27-20-10(13)3-2-4-24-20)14(8-26-19)12-7-25-17-6-16(23)15(22)5-11(12)17/h2-9,25-26H,1H3,(H,24,27). The number of rotatable bonds is 3. The van der Waals surface area contributed by atoms with Crippen molar-refractivity contribution in [3.05, 3.63) is 64.8 Å². The molecule has 29 heavy (non-hydrogen) atoms. The number of aromatic amines is 3. The number of nitrogens with zero attached hydrogens (tertiary/aromatic N) is 1. The van der Waals surface area contributed by atoms with Crippen LogP contribution in [0.3, 0.4) is 0 Å². The molecule has 3 N–H and O–H groups in total. The van der Waals surface area contributed by atoms with Crippen LogP contribution in [0.2, 0.25) is 10.0 Å². The molecule has 6 nitrogen and oxygen atoms in total. The van der Waals surface area contributed by atoms with Gasteiger partial charge < -0.3 is 19.7 Å². The Morgan fingerprint density at radius 1 is 0.966 bits per heavy atom. The number of esters is 1. The van der Waals surface area contributed by atoms with E-state index >= 15 is 0 Å². The molecule has 5 aromatic rings. The summed E-state index contributed by atoms with van der Waals surface area (Å²) in [5, 5.41) is 2.73. The van der Waals surface area contributed by atoms with Crippen molar-refractivity contribution in [2.24, 2.45) is 0 Å². The Hall–Kier alpha value is -3.22. The third kappa shape index (κ3) is 2.72. The predicted octanol–water partition coefficient (Wildman–Crippen LogP) is 5.80. The van der Waals surface area contributed by atoms with E-state index in [1.54, 1.807) is 18.5 Å². The van der Waals surface area contributed by atoms with Crippen LogP contribution < -0.4 is 0 Å². The average Bonchev–Trinajstić information content (AvgIpc) is 3.43. The zero-order chi connectivity index (χ0) is 20.1. The molecular weight excluding hydrogens is 411 g/mol. The van der Waals surface area contributed by atoms with Crippen LogP contribution in [0.25, 0.3) is 44.2 Å². The van der Waals surface area contributed by atoms with E-state index in [1.165, 1.54) is 7.11 Å². The number of methoxy groups -OCH3 is 1. The monoisotopic (exact) mass is 424 g/mol. The Labute approximate surface area is 174 Å². The lowest BCUT2D eigenvalue weighted by molar-refractivity contribution is 0.0596. The van der Waals surface area contributed by atoms with E-state index < -0.39 is 5.97 Å². The molecule has 5 rings (SSSR count). The summed E-state index contributed by atoms with van der Waals surface area (Å²) >= 11 is 12.4. The van der Waals surface area contributed by atoms with Gasteiger partial charge in [0.2, 0.25) is 0 Å². The van der Waals surface area contributed by atoms with Gasteiger partial charge in [0.25, 0.3) is 0 Å². The maximum atomic E-state index is 12.5. The average molecular weight is 425 g/mol. The summed E-state index contributed by atoms with van der Waals surface area (Å²) < 4.78 is 5.00. The van der Waals surface area contributed by atoms with E-state index in [0.29, 0.717) is 15.7 Å². The molecule has 8 heteroatoms. The topological polar surface area (TPSA) is 86.6 Å². The summed E-state index contributed by atoms with van der Waals surface area (Å²) in [7, 11) is 1.36. The Bertz CT molecular complexity index is 1400. The number of hydrogen-bond donors (Lipinski definition) is 3. The molecule has 0 unspecified atom stereocenters. The van der Waals surface area contributed by atoms with Gasteiger partial charge in [-0.05, 0) is 24.3 Å². The molecule has 0 aliphatic carbocycles. The van der Waals surface area contributed by atoms with Crippen LogP contribution in [-0.2, 0) is 4.74 Å². The van der Waals surface area contributed by atoms with Crippen molar-refractivity contribution < 1.29 is 9.53 Å². The van der Waals surface area contributed by atoms with Crippen molar-refractivity contribution in [1.29, 1.82) is 0 Å². The number of halogens is 2. The van der Waals surface area contributed by atoms with Crippen molar-refractivity contribution >= 4 is 51.1 Å². The van der Waals surface area contributed by atoms with E-state index in [4.69, 9.17) is 27.9 Å². The number of ether oxygens (including phenoxy) is 1. The van der Waals surface area contributed by atoms with Gasteiger partial charge in [0.05, 0.1) is 17.2 Å². The number of pyridine rings is 1. The highest BCUT2D eigenvalue weighted by molar-refractivity contribution is 6.43. The number of carbonyl (C=O) groups excluding carboxylic acids is 1. The first-order valence-corrected chi connectivity index (χ1v) is 9.52. The van der Waals surface area contributed by atoms with Gasteiger partial charge in [-0.2, -0.15) is 0 Å². The highest BCUT2D eigenvalue weighted by atomic mass is 35.5. The lowest BCUT2D eigenvalue weighted by Crippen LogP contribution is -2.03. The molecule has 0 aliphatic rings. The van der Waals surface area contributed by atoms with Crippen LogP contribution in [0.5, 0.6) is 0 Å². The third-order valence-electron chi connectivity index (χ3n) is 5.00. The largest absolute Gasteiger partial charge is 0.464 e. The fourth-order valence-electron chi connectivity index (χ4n) is 3.68. The summed E-state index contributed by atoms with van der Waals surface area (Å²) in [4.78, 5) is 26.3. The van der Waals surface area contributed by atoms with E-state index in [1.807, 2.05) is 30.6 Å². The molecule has 0 saturated heterocycles. The van der Waals surface area contributed by atoms with E-state index in [0.717, 1.165) is 44.2 Å². The third-order valence-corrected chi connectivity index (χ3v) is 5.73. The summed E-state index contributed by atoms with van der Waals surface area (Å²) in [6.45, 7) is 0. The molecule has 4 heterocycles. The first-order chi connectivity index (χ1) is 14.1. The van der Waals surface area contributed by atoms with Crippen molar-refractivity contribution in [2.45, 2.75) is 0 Å². The number of hydrogen-bond acceptors (Lipinski definition) is 3. The minimum atomic E-state index is -0.453. The van der Waals surface area contributed by atoms with Gasteiger partial charge in [-0.1, -0.05) is 23.2 Å². The maximum Gasteiger partial charge on any atom is 0.355 e. The normalized spacial score (nSPS) is 11.4. The van der Waals surface area contributed by atoms with E-state index in [2.05, 4.69) is 19.9 Å². The summed E-state index contributed by atoms with van der Waals surface area (Å²) in [6.07, 6.45) is 7.23. The van der Waals surface area contributed by atoms with Crippen molar-refractivity contribution in [2.75, 3.05) is 7.11 Å². The van der Waals surface area contributed by atoms with Gasteiger partial charge in [0.15, 0.2) is 0 Å². The highest BCUT2D eigenvalue weighted by Crippen LogP contribution is 2.42. The number of benzene rings is 1. The minimum Gasteiger partial charge on any atom is -0.464 e. The van der Waals surface area contributed by atoms with Gasteiger partial charge in [-0.15, -0.1) is 0 Å². The van der Waals surface area contributed by atoms with Crippen LogP contribution in [0.4, 0.5) is 0 Å². The number of H-pyrrole nitrogens is 3. The molecule has 1 aromatic carbocycles. The lowest BCUT2D eigenvalue weighted by Gasteiger charge is -2.06. The van der Waals surface area contributed by atoms with Crippen molar-refractivity contribution in [3.8, 4) is 22.3 Å². The zero-order valence-corrected chi connectivity index (χ0v) is 16.7. The molecule has 0 bridgehead atoms. The van der Waals surface area contributed by atoms with Crippen LogP contribution >= 0.6 is 23.2 Å². The maximum absolute atomic E-state index is 12.5. The summed E-state index contributed by atoms with van der Waals surface area (Å²) in [6, 6.07) is 7.41. The second-order valence-corrected chi connectivity index (χ2v) is 7.37. The van der Waals surface area contributed by atoms with Gasteiger partial charge in [0.1, 0.15) is 11.3 Å². The highest BCUT2D eigenvalue weighted by Gasteiger charge is 2.24. The number of aromatic nitrogens is 4. The Morgan fingerprint density at radius 2 is 1.72 bits per heavy atom. The quantitative estimate of drug-likeness (QED) is 0.319. The Balaban J connectivity index is 1.83. The van der Waals surface area contributed by atoms with Gasteiger partial charge in [-0.3, -0.25) is 0 Å². The molecule has 4 aromatic heterocycles. The van der Waals surface area contributed by atoms with Crippen LogP contribution in [0.15, 0.2) is 49.1 Å². The van der Waals surface area contributed by atoms with E-state index in [9.17, 15) is 4.79 Å². The van der Waals surface area contributed by atoms with Gasteiger partial charge in [0, 0.05) is 63.3 Å². The summed E-state index contributed by atoms with van der Waals surface area (Å²) in [5.74, 6) is -0.453. The first-order valence-electron chi connectivity index (χ1n) is 8.77. The molecule has 0 amide bonds. The fourth-order valence-corrected chi connectivity index (χ4v) is 4.01. The summed E-state index contributed by atoms with van der Waals surface area (Å²) in [5.41, 5.74) is 5.24. The second-order valence-electron chi connectivity index (χ2n) is 6.56. The molecule has 0 aliphatic heterocycles. The van der Waals surface area contributed by atoms with E-state index in [-0.39, 0.29) is 0 Å². The minimum absolute atomic E-state index is 0.363. The molecule has 0 fully saturated rings.